The molecule has 1 fully saturated rings. The SMILES string of the molecule is O=C(O)C(F)(F)F.O=S(=O)(NCCN1CCCC1)c1cccc(-c2ccc(CNCc3ccsc3)cc2)c1. The van der Waals surface area contributed by atoms with Crippen LogP contribution in [-0.4, -0.2) is 56.7 Å². The number of carboxylic acids is 1. The zero-order valence-corrected chi connectivity index (χ0v) is 22.2. The van der Waals surface area contributed by atoms with Crippen LogP contribution in [0.3, 0.4) is 0 Å². The first-order chi connectivity index (χ1) is 18.0. The lowest BCUT2D eigenvalue weighted by Gasteiger charge is -2.15. The zero-order chi connectivity index (χ0) is 27.6. The topological polar surface area (TPSA) is 98.7 Å². The first kappa shape index (κ1) is 29.8. The lowest BCUT2D eigenvalue weighted by atomic mass is 10.0. The number of alkyl halides is 3. The van der Waals surface area contributed by atoms with Gasteiger partial charge in [-0.2, -0.15) is 24.5 Å². The third kappa shape index (κ3) is 9.52. The third-order valence-electron chi connectivity index (χ3n) is 5.83. The Morgan fingerprint density at radius 2 is 1.63 bits per heavy atom. The molecule has 2 heterocycles. The second-order valence-electron chi connectivity index (χ2n) is 8.71. The van der Waals surface area contributed by atoms with Gasteiger partial charge in [0, 0.05) is 26.2 Å². The normalized spacial score (nSPS) is 14.2. The van der Waals surface area contributed by atoms with E-state index in [0.29, 0.717) is 11.4 Å². The predicted molar refractivity (Wildman–Crippen MR) is 141 cm³/mol. The Morgan fingerprint density at radius 1 is 0.974 bits per heavy atom. The van der Waals surface area contributed by atoms with Crippen LogP contribution in [0, 0.1) is 0 Å². The summed E-state index contributed by atoms with van der Waals surface area (Å²) in [5.74, 6) is -2.76. The minimum absolute atomic E-state index is 0.313. The molecule has 1 saturated heterocycles. The van der Waals surface area contributed by atoms with E-state index < -0.39 is 22.2 Å². The zero-order valence-electron chi connectivity index (χ0n) is 20.6. The summed E-state index contributed by atoms with van der Waals surface area (Å²) in [4.78, 5) is 11.5. The standard InChI is InChI=1S/C24H29N3O2S2.C2HF3O2/c28-31(29,26-11-14-27-12-1-2-13-27)24-5-3-4-23(16-24)22-8-6-20(7-9-22)17-25-18-21-10-15-30-19-21;3-2(4,5)1(6)7/h3-10,15-16,19,25-26H,1-2,11-14,17-18H2;(H,6,7). The molecule has 1 aromatic heterocycles. The first-order valence-electron chi connectivity index (χ1n) is 12.0. The number of nitrogens with one attached hydrogen (secondary N) is 2. The highest BCUT2D eigenvalue weighted by Gasteiger charge is 2.38. The van der Waals surface area contributed by atoms with Gasteiger partial charge >= 0.3 is 12.1 Å². The second kappa shape index (κ2) is 13.9. The van der Waals surface area contributed by atoms with E-state index in [0.717, 1.165) is 43.9 Å². The molecule has 3 N–H and O–H groups in total. The Hall–Kier alpha value is -2.77. The van der Waals surface area contributed by atoms with Crippen molar-refractivity contribution in [1.82, 2.24) is 14.9 Å². The maximum absolute atomic E-state index is 12.7. The number of hydrogen-bond donors (Lipinski definition) is 3. The molecule has 0 spiro atoms. The number of carboxylic acid groups (broad SMARTS) is 1. The Bertz CT molecular complexity index is 1260. The van der Waals surface area contributed by atoms with E-state index in [-0.39, 0.29) is 0 Å². The van der Waals surface area contributed by atoms with Gasteiger partial charge in [0.1, 0.15) is 0 Å². The van der Waals surface area contributed by atoms with Gasteiger partial charge in [0.25, 0.3) is 0 Å². The number of rotatable bonds is 10. The maximum Gasteiger partial charge on any atom is 0.490 e. The summed E-state index contributed by atoms with van der Waals surface area (Å²) in [5, 5.41) is 14.8. The highest BCUT2D eigenvalue weighted by Crippen LogP contribution is 2.23. The monoisotopic (exact) mass is 569 g/mol. The van der Waals surface area contributed by atoms with Crippen molar-refractivity contribution in [2.45, 2.75) is 37.0 Å². The number of benzene rings is 2. The van der Waals surface area contributed by atoms with Crippen LogP contribution in [0.2, 0.25) is 0 Å². The van der Waals surface area contributed by atoms with Crippen LogP contribution < -0.4 is 10.0 Å². The third-order valence-corrected chi connectivity index (χ3v) is 8.02. The molecule has 1 aliphatic heterocycles. The van der Waals surface area contributed by atoms with E-state index in [4.69, 9.17) is 9.90 Å². The quantitative estimate of drug-likeness (QED) is 0.327. The molecule has 0 atom stereocenters. The first-order valence-corrected chi connectivity index (χ1v) is 14.4. The highest BCUT2D eigenvalue weighted by molar-refractivity contribution is 7.89. The molecular formula is C26H30F3N3O4S2. The summed E-state index contributed by atoms with van der Waals surface area (Å²) in [6.45, 7) is 5.00. The van der Waals surface area contributed by atoms with Gasteiger partial charge in [-0.1, -0.05) is 36.4 Å². The number of nitrogens with zero attached hydrogens (tertiary/aromatic N) is 1. The van der Waals surface area contributed by atoms with Gasteiger partial charge in [-0.3, -0.25) is 0 Å². The van der Waals surface area contributed by atoms with E-state index in [9.17, 15) is 21.6 Å². The maximum atomic E-state index is 12.7. The van der Waals surface area contributed by atoms with Crippen molar-refractivity contribution < 1.29 is 31.5 Å². The van der Waals surface area contributed by atoms with Crippen LogP contribution in [0.5, 0.6) is 0 Å². The average Bonchev–Trinajstić information content (AvgIpc) is 3.59. The number of carbonyl (C=O) groups is 1. The van der Waals surface area contributed by atoms with Gasteiger partial charge in [-0.05, 0) is 77.1 Å². The molecule has 0 bridgehead atoms. The van der Waals surface area contributed by atoms with Gasteiger partial charge in [-0.15, -0.1) is 0 Å². The Balaban J connectivity index is 0.000000505. The number of hydrogen-bond acceptors (Lipinski definition) is 6. The summed E-state index contributed by atoms with van der Waals surface area (Å²) >= 11 is 1.71. The Kier molecular flexibility index (Phi) is 10.9. The molecule has 0 aliphatic carbocycles. The van der Waals surface area contributed by atoms with Gasteiger partial charge in [-0.25, -0.2) is 17.9 Å². The van der Waals surface area contributed by atoms with Crippen LogP contribution >= 0.6 is 11.3 Å². The Labute approximate surface area is 224 Å². The van der Waals surface area contributed by atoms with Gasteiger partial charge < -0.3 is 15.3 Å². The van der Waals surface area contributed by atoms with Gasteiger partial charge in [0.2, 0.25) is 10.0 Å². The van der Waals surface area contributed by atoms with Crippen molar-refractivity contribution in [3.8, 4) is 11.1 Å². The smallest absolute Gasteiger partial charge is 0.475 e. The molecule has 206 valence electrons. The lowest BCUT2D eigenvalue weighted by Crippen LogP contribution is -2.33. The average molecular weight is 570 g/mol. The van der Waals surface area contributed by atoms with Crippen LogP contribution in [0.4, 0.5) is 13.2 Å². The summed E-state index contributed by atoms with van der Waals surface area (Å²) in [6, 6.07) is 17.6. The number of thiophene rings is 1. The van der Waals surface area contributed by atoms with E-state index in [1.807, 2.05) is 18.2 Å². The van der Waals surface area contributed by atoms with Crippen molar-refractivity contribution in [1.29, 1.82) is 0 Å². The van der Waals surface area contributed by atoms with E-state index >= 15 is 0 Å². The van der Waals surface area contributed by atoms with Gasteiger partial charge in [0.05, 0.1) is 4.90 Å². The van der Waals surface area contributed by atoms with Crippen molar-refractivity contribution in [3.05, 3.63) is 76.5 Å². The molecule has 0 saturated carbocycles. The number of likely N-dealkylation sites (tertiary alicyclic amines) is 1. The van der Waals surface area contributed by atoms with E-state index in [2.05, 4.69) is 43.9 Å². The fourth-order valence-corrected chi connectivity index (χ4v) is 5.57. The van der Waals surface area contributed by atoms with Crippen LogP contribution in [-0.2, 0) is 27.9 Å². The number of sulfonamides is 1. The summed E-state index contributed by atoms with van der Waals surface area (Å²) < 4.78 is 59.9. The van der Waals surface area contributed by atoms with E-state index in [1.54, 1.807) is 29.5 Å². The molecule has 0 unspecified atom stereocenters. The Morgan fingerprint density at radius 3 is 2.24 bits per heavy atom. The number of halogens is 3. The molecule has 3 aromatic rings. The van der Waals surface area contributed by atoms with Crippen LogP contribution in [0.25, 0.3) is 11.1 Å². The molecule has 2 aromatic carbocycles. The van der Waals surface area contributed by atoms with Crippen molar-refractivity contribution >= 4 is 27.3 Å². The van der Waals surface area contributed by atoms with Crippen LogP contribution in [0.1, 0.15) is 24.0 Å². The van der Waals surface area contributed by atoms with Gasteiger partial charge in [0.15, 0.2) is 0 Å². The van der Waals surface area contributed by atoms with E-state index in [1.165, 1.54) is 24.0 Å². The summed E-state index contributed by atoms with van der Waals surface area (Å²) in [5.41, 5.74) is 4.41. The van der Waals surface area contributed by atoms with Crippen molar-refractivity contribution in [2.75, 3.05) is 26.2 Å². The molecular weight excluding hydrogens is 539 g/mol. The molecule has 0 amide bonds. The minimum atomic E-state index is -5.08. The van der Waals surface area contributed by atoms with Crippen molar-refractivity contribution in [3.63, 3.8) is 0 Å². The molecule has 1 aliphatic rings. The van der Waals surface area contributed by atoms with Crippen LogP contribution in [0.15, 0.2) is 70.3 Å². The summed E-state index contributed by atoms with van der Waals surface area (Å²) in [7, 11) is -3.51. The molecule has 7 nitrogen and oxygen atoms in total. The fraction of sp³-hybridized carbons (Fsp3) is 0.346. The lowest BCUT2D eigenvalue weighted by molar-refractivity contribution is -0.192. The molecule has 38 heavy (non-hydrogen) atoms. The molecule has 0 radical (unpaired) electrons. The predicted octanol–water partition coefficient (Wildman–Crippen LogP) is 4.71. The molecule has 12 heteroatoms. The highest BCUT2D eigenvalue weighted by atomic mass is 32.2. The largest absolute Gasteiger partial charge is 0.490 e. The summed E-state index contributed by atoms with van der Waals surface area (Å²) in [6.07, 6.45) is -2.67. The fourth-order valence-electron chi connectivity index (χ4n) is 3.83. The molecule has 4 rings (SSSR count). The second-order valence-corrected chi connectivity index (χ2v) is 11.3. The van der Waals surface area contributed by atoms with Crippen molar-refractivity contribution in [2.24, 2.45) is 0 Å². The minimum Gasteiger partial charge on any atom is -0.475 e. The number of aliphatic carboxylic acids is 1.